The van der Waals surface area contributed by atoms with E-state index in [1.54, 1.807) is 23.1 Å². The summed E-state index contributed by atoms with van der Waals surface area (Å²) in [7, 11) is -0.126. The molecule has 0 unspecified atom stereocenters. The van der Waals surface area contributed by atoms with Gasteiger partial charge in [-0.05, 0) is 18.2 Å². The molecule has 1 aliphatic heterocycles. The third-order valence-corrected chi connectivity index (χ3v) is 4.88. The minimum Gasteiger partial charge on any atom is -0.378 e. The molecule has 1 amide bonds. The number of nitrogens with one attached hydrogen (secondary N) is 1. The predicted octanol–water partition coefficient (Wildman–Crippen LogP) is 0.441. The molecule has 1 aromatic rings. The van der Waals surface area contributed by atoms with Crippen LogP contribution in [-0.2, 0) is 14.8 Å². The average Bonchev–Trinajstić information content (AvgIpc) is 2.35. The third kappa shape index (κ3) is 3.05. The van der Waals surface area contributed by atoms with E-state index in [1.165, 1.54) is 0 Å². The highest BCUT2D eigenvalue weighted by Crippen LogP contribution is 2.32. The lowest BCUT2D eigenvalue weighted by atomic mass is 10.2. The topological polar surface area (TPSA) is 105 Å². The zero-order valence-corrected chi connectivity index (χ0v) is 12.6. The Kier molecular flexibility index (Phi) is 3.91. The van der Waals surface area contributed by atoms with Crippen molar-refractivity contribution in [2.75, 3.05) is 30.1 Å². The van der Waals surface area contributed by atoms with Crippen LogP contribution in [0.15, 0.2) is 27.5 Å². The number of nitrogens with zero attached hydrogens (tertiary/aromatic N) is 2. The summed E-state index contributed by atoms with van der Waals surface area (Å²) in [5.41, 5.74) is 6.23. The van der Waals surface area contributed by atoms with Gasteiger partial charge in [0.05, 0.1) is 11.4 Å². The fraction of sp³-hybridized carbons (Fsp3) is 0.273. The maximum absolute atomic E-state index is 12.1. The van der Waals surface area contributed by atoms with Crippen LogP contribution in [-0.4, -0.2) is 39.3 Å². The summed E-state index contributed by atoms with van der Waals surface area (Å²) in [5.74, 6) is -0.572. The van der Waals surface area contributed by atoms with E-state index >= 15 is 0 Å². The quantitative estimate of drug-likeness (QED) is 0.839. The molecule has 0 atom stereocenters. The Labute approximate surface area is 121 Å². The molecule has 0 spiro atoms. The number of sulfonamides is 1. The molecule has 0 bridgehead atoms. The monoisotopic (exact) mass is 314 g/mol. The zero-order chi connectivity index (χ0) is 14.9. The fourth-order valence-corrected chi connectivity index (χ4v) is 3.60. The number of amides is 1. The van der Waals surface area contributed by atoms with Gasteiger partial charge in [-0.2, -0.15) is 8.42 Å². The Morgan fingerprint density at radius 2 is 2.15 bits per heavy atom. The van der Waals surface area contributed by atoms with Gasteiger partial charge in [0, 0.05) is 19.8 Å². The molecular weight excluding hydrogens is 300 g/mol. The van der Waals surface area contributed by atoms with Crippen LogP contribution in [0, 0.1) is 0 Å². The van der Waals surface area contributed by atoms with Crippen LogP contribution in [0.25, 0.3) is 0 Å². The van der Waals surface area contributed by atoms with Crippen molar-refractivity contribution >= 4 is 44.2 Å². The summed E-state index contributed by atoms with van der Waals surface area (Å²) in [6, 6.07) is 5.02. The van der Waals surface area contributed by atoms with Gasteiger partial charge in [0.1, 0.15) is 4.90 Å². The van der Waals surface area contributed by atoms with Gasteiger partial charge in [0.15, 0.2) is 5.17 Å². The summed E-state index contributed by atoms with van der Waals surface area (Å²) in [6.07, 6.45) is 0. The lowest BCUT2D eigenvalue weighted by Crippen LogP contribution is -2.22. The van der Waals surface area contributed by atoms with Crippen molar-refractivity contribution in [1.29, 1.82) is 0 Å². The van der Waals surface area contributed by atoms with E-state index in [1.807, 2.05) is 14.1 Å². The van der Waals surface area contributed by atoms with Crippen LogP contribution in [0.3, 0.4) is 0 Å². The van der Waals surface area contributed by atoms with Gasteiger partial charge in [0.2, 0.25) is 5.91 Å². The number of amidine groups is 1. The number of nitrogens with two attached hydrogens (primary N) is 1. The molecule has 7 nitrogen and oxygen atoms in total. The van der Waals surface area contributed by atoms with Gasteiger partial charge < -0.3 is 16.0 Å². The second-order valence-electron chi connectivity index (χ2n) is 4.33. The van der Waals surface area contributed by atoms with Crippen molar-refractivity contribution in [1.82, 2.24) is 0 Å². The number of benzene rings is 1. The van der Waals surface area contributed by atoms with Crippen molar-refractivity contribution < 1.29 is 13.2 Å². The van der Waals surface area contributed by atoms with Crippen LogP contribution in [0.4, 0.5) is 11.4 Å². The molecule has 108 valence electrons. The number of fused-ring (bicyclic) bond motifs is 1. The van der Waals surface area contributed by atoms with Crippen LogP contribution in [0.2, 0.25) is 0 Å². The second kappa shape index (κ2) is 5.33. The summed E-state index contributed by atoms with van der Waals surface area (Å²) in [6.45, 7) is 0. The first-order valence-corrected chi connectivity index (χ1v) is 8.06. The smallest absolute Gasteiger partial charge is 0.286 e. The molecule has 3 N–H and O–H groups in total. The lowest BCUT2D eigenvalue weighted by Gasteiger charge is -2.20. The van der Waals surface area contributed by atoms with Crippen LogP contribution >= 0.6 is 11.8 Å². The molecule has 0 aliphatic carbocycles. The van der Waals surface area contributed by atoms with Gasteiger partial charge in [0.25, 0.3) is 10.0 Å². The summed E-state index contributed by atoms with van der Waals surface area (Å²) in [5, 5.41) is 3.03. The molecule has 0 aromatic heterocycles. The number of hydrogen-bond donors (Lipinski definition) is 2. The fourth-order valence-electron chi connectivity index (χ4n) is 1.60. The Balaban J connectivity index is 2.37. The summed E-state index contributed by atoms with van der Waals surface area (Å²) < 4.78 is 27.9. The van der Waals surface area contributed by atoms with Crippen molar-refractivity contribution in [3.8, 4) is 0 Å². The van der Waals surface area contributed by atoms with E-state index in [0.717, 1.165) is 17.4 Å². The highest BCUT2D eigenvalue weighted by molar-refractivity contribution is 8.15. The number of thioether (sulfide) groups is 1. The minimum atomic E-state index is -3.77. The average molecular weight is 314 g/mol. The van der Waals surface area contributed by atoms with Crippen molar-refractivity contribution in [3.63, 3.8) is 0 Å². The van der Waals surface area contributed by atoms with Gasteiger partial charge in [-0.25, -0.2) is 0 Å². The molecule has 2 rings (SSSR count). The van der Waals surface area contributed by atoms with Crippen LogP contribution < -0.4 is 16.0 Å². The Bertz CT molecular complexity index is 683. The van der Waals surface area contributed by atoms with Gasteiger partial charge in [-0.15, -0.1) is 4.40 Å². The molecule has 1 aliphatic rings. The molecular formula is C11H14N4O3S2. The van der Waals surface area contributed by atoms with E-state index in [-0.39, 0.29) is 15.8 Å². The molecule has 0 saturated carbocycles. The predicted molar refractivity (Wildman–Crippen MR) is 80.7 cm³/mol. The number of carbonyl (C=O) groups is 1. The lowest BCUT2D eigenvalue weighted by molar-refractivity contribution is -0.115. The Morgan fingerprint density at radius 3 is 2.75 bits per heavy atom. The molecule has 0 saturated heterocycles. The number of anilines is 2. The highest BCUT2D eigenvalue weighted by Gasteiger charge is 2.25. The van der Waals surface area contributed by atoms with Crippen molar-refractivity contribution in [2.24, 2.45) is 10.1 Å². The van der Waals surface area contributed by atoms with E-state index in [0.29, 0.717) is 5.69 Å². The van der Waals surface area contributed by atoms with Crippen molar-refractivity contribution in [3.05, 3.63) is 18.2 Å². The molecule has 0 fully saturated rings. The summed E-state index contributed by atoms with van der Waals surface area (Å²) >= 11 is 0.957. The summed E-state index contributed by atoms with van der Waals surface area (Å²) in [4.78, 5) is 12.7. The van der Waals surface area contributed by atoms with Crippen molar-refractivity contribution in [2.45, 2.75) is 4.90 Å². The van der Waals surface area contributed by atoms with E-state index in [4.69, 9.17) is 5.73 Å². The zero-order valence-electron chi connectivity index (χ0n) is 11.0. The van der Waals surface area contributed by atoms with Gasteiger partial charge in [-0.1, -0.05) is 11.8 Å². The first-order valence-electron chi connectivity index (χ1n) is 5.64. The van der Waals surface area contributed by atoms with Crippen LogP contribution in [0.5, 0.6) is 0 Å². The standard InChI is InChI=1S/C11H14N4O3S2/c1-15(2)7-3-4-8-9(5-7)20(17,18)14-11(13-8)19-6-10(12)16/h3-5H,6H2,1-2H3,(H2,12,16)(H,13,14). The highest BCUT2D eigenvalue weighted by atomic mass is 32.2. The number of primary amides is 1. The Morgan fingerprint density at radius 1 is 1.45 bits per heavy atom. The van der Waals surface area contributed by atoms with Crippen LogP contribution in [0.1, 0.15) is 0 Å². The normalized spacial score (nSPS) is 15.8. The number of hydrogen-bond acceptors (Lipinski definition) is 6. The van der Waals surface area contributed by atoms with E-state index in [2.05, 4.69) is 9.71 Å². The number of rotatable bonds is 3. The molecule has 0 radical (unpaired) electrons. The molecule has 9 heteroatoms. The SMILES string of the molecule is CN(C)c1ccc2c(c1)S(=O)(=O)N=C(SCC(N)=O)N2. The molecule has 1 aromatic carbocycles. The first kappa shape index (κ1) is 14.7. The van der Waals surface area contributed by atoms with E-state index < -0.39 is 15.9 Å². The Hall–Kier alpha value is -1.74. The first-order chi connectivity index (χ1) is 9.29. The van der Waals surface area contributed by atoms with E-state index in [9.17, 15) is 13.2 Å². The van der Waals surface area contributed by atoms with Gasteiger partial charge in [-0.3, -0.25) is 4.79 Å². The number of carbonyl (C=O) groups excluding carboxylic acids is 1. The third-order valence-electron chi connectivity index (χ3n) is 2.56. The largest absolute Gasteiger partial charge is 0.378 e. The maximum atomic E-state index is 12.1. The minimum absolute atomic E-state index is 0.0352. The molecule has 1 heterocycles. The second-order valence-corrected chi connectivity index (χ2v) is 6.86. The maximum Gasteiger partial charge on any atom is 0.286 e. The van der Waals surface area contributed by atoms with Gasteiger partial charge >= 0.3 is 0 Å². The molecule has 20 heavy (non-hydrogen) atoms.